The zero-order valence-corrected chi connectivity index (χ0v) is 9.76. The van der Waals surface area contributed by atoms with Crippen molar-refractivity contribution in [3.63, 3.8) is 0 Å². The molecular formula is C12H24O. The molecule has 0 fully saturated rings. The molecule has 0 unspecified atom stereocenters. The van der Waals surface area contributed by atoms with Crippen LogP contribution in [0.4, 0.5) is 0 Å². The SMILES string of the molecule is CO[C@@H](C)CCC/C=C/C(C)(C)C. The molecule has 0 heterocycles. The highest BCUT2D eigenvalue weighted by molar-refractivity contribution is 4.91. The lowest BCUT2D eigenvalue weighted by Gasteiger charge is -2.11. The van der Waals surface area contributed by atoms with Gasteiger partial charge in [0.05, 0.1) is 6.10 Å². The molecule has 0 saturated carbocycles. The van der Waals surface area contributed by atoms with Crippen molar-refractivity contribution >= 4 is 0 Å². The minimum absolute atomic E-state index is 0.326. The summed E-state index contributed by atoms with van der Waals surface area (Å²) in [6.45, 7) is 8.79. The van der Waals surface area contributed by atoms with Crippen molar-refractivity contribution in [3.05, 3.63) is 12.2 Å². The fraction of sp³-hybridized carbons (Fsp3) is 0.833. The normalized spacial score (nSPS) is 15.2. The Kier molecular flexibility index (Phi) is 6.06. The minimum Gasteiger partial charge on any atom is -0.382 e. The van der Waals surface area contributed by atoms with Gasteiger partial charge in [-0.2, -0.15) is 0 Å². The molecule has 0 aromatic rings. The predicted octanol–water partition coefficient (Wildman–Crippen LogP) is 3.79. The number of rotatable bonds is 5. The van der Waals surface area contributed by atoms with E-state index in [0.717, 1.165) is 6.42 Å². The topological polar surface area (TPSA) is 9.23 Å². The van der Waals surface area contributed by atoms with Crippen LogP contribution in [0.15, 0.2) is 12.2 Å². The molecule has 1 atom stereocenters. The Morgan fingerprint density at radius 2 is 1.92 bits per heavy atom. The number of ether oxygens (including phenoxy) is 1. The smallest absolute Gasteiger partial charge is 0.0543 e. The lowest BCUT2D eigenvalue weighted by Crippen LogP contribution is -2.03. The van der Waals surface area contributed by atoms with E-state index in [-0.39, 0.29) is 0 Å². The summed E-state index contributed by atoms with van der Waals surface area (Å²) in [6, 6.07) is 0. The van der Waals surface area contributed by atoms with E-state index in [0.29, 0.717) is 11.5 Å². The molecule has 0 bridgehead atoms. The maximum Gasteiger partial charge on any atom is 0.0543 e. The van der Waals surface area contributed by atoms with Gasteiger partial charge in [0.2, 0.25) is 0 Å². The van der Waals surface area contributed by atoms with Crippen LogP contribution in [0.5, 0.6) is 0 Å². The molecule has 0 aromatic heterocycles. The Morgan fingerprint density at radius 3 is 2.38 bits per heavy atom. The fourth-order valence-electron chi connectivity index (χ4n) is 1.08. The molecule has 1 heteroatoms. The molecule has 0 spiro atoms. The third kappa shape index (κ3) is 9.62. The number of hydrogen-bond acceptors (Lipinski definition) is 1. The van der Waals surface area contributed by atoms with Gasteiger partial charge in [0.1, 0.15) is 0 Å². The Morgan fingerprint density at radius 1 is 1.31 bits per heavy atom. The van der Waals surface area contributed by atoms with Gasteiger partial charge in [0, 0.05) is 7.11 Å². The van der Waals surface area contributed by atoms with Crippen LogP contribution in [0.1, 0.15) is 47.0 Å². The highest BCUT2D eigenvalue weighted by atomic mass is 16.5. The molecule has 1 nitrogen and oxygen atoms in total. The van der Waals surface area contributed by atoms with E-state index >= 15 is 0 Å². The van der Waals surface area contributed by atoms with Crippen LogP contribution < -0.4 is 0 Å². The van der Waals surface area contributed by atoms with E-state index in [2.05, 4.69) is 39.8 Å². The van der Waals surface area contributed by atoms with Crippen LogP contribution in [0, 0.1) is 5.41 Å². The van der Waals surface area contributed by atoms with Crippen LogP contribution in [0.3, 0.4) is 0 Å². The summed E-state index contributed by atoms with van der Waals surface area (Å²) >= 11 is 0. The monoisotopic (exact) mass is 184 g/mol. The second-order valence-electron chi connectivity index (χ2n) is 4.75. The van der Waals surface area contributed by atoms with Crippen molar-refractivity contribution in [2.45, 2.75) is 53.1 Å². The zero-order valence-electron chi connectivity index (χ0n) is 9.76. The molecule has 0 rings (SSSR count). The summed E-state index contributed by atoms with van der Waals surface area (Å²) in [5.41, 5.74) is 0.326. The van der Waals surface area contributed by atoms with Gasteiger partial charge in [-0.3, -0.25) is 0 Å². The molecule has 0 aliphatic rings. The van der Waals surface area contributed by atoms with Crippen molar-refractivity contribution in [3.8, 4) is 0 Å². The maximum atomic E-state index is 5.17. The Balaban J connectivity index is 3.41. The Hall–Kier alpha value is -0.300. The second-order valence-corrected chi connectivity index (χ2v) is 4.75. The third-order valence-electron chi connectivity index (χ3n) is 2.00. The maximum absolute atomic E-state index is 5.17. The van der Waals surface area contributed by atoms with Gasteiger partial charge in [-0.1, -0.05) is 32.9 Å². The van der Waals surface area contributed by atoms with Gasteiger partial charge >= 0.3 is 0 Å². The minimum atomic E-state index is 0.326. The largest absolute Gasteiger partial charge is 0.382 e. The van der Waals surface area contributed by atoms with E-state index in [1.54, 1.807) is 7.11 Å². The van der Waals surface area contributed by atoms with Crippen molar-refractivity contribution in [2.75, 3.05) is 7.11 Å². The van der Waals surface area contributed by atoms with Crippen molar-refractivity contribution in [1.82, 2.24) is 0 Å². The summed E-state index contributed by atoms with van der Waals surface area (Å²) in [4.78, 5) is 0. The van der Waals surface area contributed by atoms with Crippen molar-refractivity contribution in [2.24, 2.45) is 5.41 Å². The van der Waals surface area contributed by atoms with E-state index < -0.39 is 0 Å². The van der Waals surface area contributed by atoms with Gasteiger partial charge in [-0.25, -0.2) is 0 Å². The lowest BCUT2D eigenvalue weighted by molar-refractivity contribution is 0.109. The molecule has 0 saturated heterocycles. The van der Waals surface area contributed by atoms with Crippen molar-refractivity contribution in [1.29, 1.82) is 0 Å². The van der Waals surface area contributed by atoms with E-state index in [9.17, 15) is 0 Å². The highest BCUT2D eigenvalue weighted by Crippen LogP contribution is 2.15. The third-order valence-corrected chi connectivity index (χ3v) is 2.00. The molecule has 0 aliphatic heterocycles. The standard InChI is InChI=1S/C12H24O/c1-11(13-5)9-7-6-8-10-12(2,3)4/h8,10-11H,6-7,9H2,1-5H3/b10-8+/t11-/m0/s1. The Bertz CT molecular complexity index is 142. The average Bonchev–Trinajstić information content (AvgIpc) is 2.01. The molecule has 0 aliphatic carbocycles. The van der Waals surface area contributed by atoms with Crippen LogP contribution in [0.25, 0.3) is 0 Å². The summed E-state index contributed by atoms with van der Waals surface area (Å²) < 4.78 is 5.17. The first-order valence-electron chi connectivity index (χ1n) is 5.16. The number of unbranched alkanes of at least 4 members (excludes halogenated alkanes) is 1. The lowest BCUT2D eigenvalue weighted by atomic mass is 9.95. The second kappa shape index (κ2) is 6.20. The number of hydrogen-bond donors (Lipinski definition) is 0. The summed E-state index contributed by atoms with van der Waals surface area (Å²) in [6.07, 6.45) is 8.52. The first kappa shape index (κ1) is 12.7. The fourth-order valence-corrected chi connectivity index (χ4v) is 1.08. The van der Waals surface area contributed by atoms with E-state index in [4.69, 9.17) is 4.74 Å². The number of methoxy groups -OCH3 is 1. The molecule has 0 amide bonds. The summed E-state index contributed by atoms with van der Waals surface area (Å²) in [5.74, 6) is 0. The highest BCUT2D eigenvalue weighted by Gasteiger charge is 2.03. The number of allylic oxidation sites excluding steroid dienone is 2. The average molecular weight is 184 g/mol. The van der Waals surface area contributed by atoms with Crippen LogP contribution >= 0.6 is 0 Å². The molecule has 0 radical (unpaired) electrons. The van der Waals surface area contributed by atoms with Gasteiger partial charge in [-0.05, 0) is 31.6 Å². The summed E-state index contributed by atoms with van der Waals surface area (Å²) in [5, 5.41) is 0. The van der Waals surface area contributed by atoms with Crippen molar-refractivity contribution < 1.29 is 4.74 Å². The molecule has 13 heavy (non-hydrogen) atoms. The molecule has 0 N–H and O–H groups in total. The predicted molar refractivity (Wildman–Crippen MR) is 58.9 cm³/mol. The molecule has 0 aromatic carbocycles. The van der Waals surface area contributed by atoms with Gasteiger partial charge in [0.15, 0.2) is 0 Å². The van der Waals surface area contributed by atoms with Crippen LogP contribution in [-0.2, 0) is 4.74 Å². The molecular weight excluding hydrogens is 160 g/mol. The van der Waals surface area contributed by atoms with Gasteiger partial charge < -0.3 is 4.74 Å². The van der Waals surface area contributed by atoms with Gasteiger partial charge in [0.25, 0.3) is 0 Å². The Labute approximate surface area is 83.2 Å². The zero-order chi connectivity index (χ0) is 10.3. The van der Waals surface area contributed by atoms with Crippen LogP contribution in [0.2, 0.25) is 0 Å². The van der Waals surface area contributed by atoms with Crippen LogP contribution in [-0.4, -0.2) is 13.2 Å². The first-order chi connectivity index (χ1) is 5.95. The molecule has 78 valence electrons. The van der Waals surface area contributed by atoms with E-state index in [1.807, 2.05) is 0 Å². The van der Waals surface area contributed by atoms with E-state index in [1.165, 1.54) is 12.8 Å². The quantitative estimate of drug-likeness (QED) is 0.466. The summed E-state index contributed by atoms with van der Waals surface area (Å²) in [7, 11) is 1.77. The first-order valence-corrected chi connectivity index (χ1v) is 5.16. The van der Waals surface area contributed by atoms with Gasteiger partial charge in [-0.15, -0.1) is 0 Å².